The second kappa shape index (κ2) is 68.6. The van der Waals surface area contributed by atoms with Gasteiger partial charge in [0, 0.05) is 12.8 Å². The molecule has 0 bridgehead atoms. The Balaban J connectivity index is 3.42. The molecule has 0 heterocycles. The molecule has 0 aliphatic heterocycles. The zero-order valence-electron chi connectivity index (χ0n) is 53.4. The fourth-order valence-corrected chi connectivity index (χ4v) is 11.2. The lowest BCUT2D eigenvalue weighted by Gasteiger charge is -2.22. The summed E-state index contributed by atoms with van der Waals surface area (Å²) >= 11 is 0. The lowest BCUT2D eigenvalue weighted by atomic mass is 10.0. The first-order valence-electron chi connectivity index (χ1n) is 35.7. The van der Waals surface area contributed by atoms with E-state index in [1.807, 2.05) is 0 Å². The fraction of sp³-hybridized carbons (Fsp3) is 0.890. The molecule has 0 aromatic heterocycles. The second-order valence-electron chi connectivity index (χ2n) is 24.6. The van der Waals surface area contributed by atoms with Gasteiger partial charge in [-0.15, -0.1) is 0 Å². The zero-order chi connectivity index (χ0) is 57.1. The van der Waals surface area contributed by atoms with Crippen LogP contribution in [0.15, 0.2) is 36.5 Å². The minimum Gasteiger partial charge on any atom is -0.466 e. The molecule has 0 fully saturated rings. The average molecular weight is 1110 g/mol. The molecule has 0 rings (SSSR count). The number of amides is 1. The van der Waals surface area contributed by atoms with E-state index in [1.165, 1.54) is 308 Å². The zero-order valence-corrected chi connectivity index (χ0v) is 53.4. The summed E-state index contributed by atoms with van der Waals surface area (Å²) in [6.07, 6.45) is 87.6. The van der Waals surface area contributed by atoms with E-state index in [4.69, 9.17) is 4.74 Å². The second-order valence-corrected chi connectivity index (χ2v) is 24.6. The summed E-state index contributed by atoms with van der Waals surface area (Å²) in [5, 5.41) is 23.4. The molecule has 1 amide bonds. The van der Waals surface area contributed by atoms with Gasteiger partial charge < -0.3 is 20.3 Å². The maximum atomic E-state index is 12.6. The number of hydrogen-bond donors (Lipinski definition) is 3. The summed E-state index contributed by atoms with van der Waals surface area (Å²) in [6, 6.07) is -0.546. The molecule has 0 aromatic rings. The van der Waals surface area contributed by atoms with E-state index in [0.29, 0.717) is 25.9 Å². The molecule has 0 aliphatic carbocycles. The Hall–Kier alpha value is -1.92. The van der Waals surface area contributed by atoms with Crippen molar-refractivity contribution in [1.29, 1.82) is 0 Å². The third kappa shape index (κ3) is 65.1. The van der Waals surface area contributed by atoms with Crippen LogP contribution in [0.1, 0.15) is 393 Å². The molecule has 0 aliphatic rings. The quantitative estimate of drug-likeness (QED) is 0.0320. The van der Waals surface area contributed by atoms with Gasteiger partial charge in [-0.05, 0) is 83.5 Å². The van der Waals surface area contributed by atoms with Crippen molar-refractivity contribution >= 4 is 11.9 Å². The highest BCUT2D eigenvalue weighted by atomic mass is 16.5. The maximum Gasteiger partial charge on any atom is 0.305 e. The number of aliphatic hydroxyl groups is 2. The predicted octanol–water partition coefficient (Wildman–Crippen LogP) is 23.1. The van der Waals surface area contributed by atoms with Crippen molar-refractivity contribution in [3.8, 4) is 0 Å². The van der Waals surface area contributed by atoms with Crippen LogP contribution in [0.4, 0.5) is 0 Å². The van der Waals surface area contributed by atoms with Crippen molar-refractivity contribution in [2.45, 2.75) is 405 Å². The molecular formula is C73H139NO5. The van der Waals surface area contributed by atoms with Gasteiger partial charge in [0.15, 0.2) is 0 Å². The van der Waals surface area contributed by atoms with Gasteiger partial charge in [-0.2, -0.15) is 0 Å². The molecule has 0 aromatic carbocycles. The number of hydrogen-bond acceptors (Lipinski definition) is 5. The number of unbranched alkanes of at least 4 members (excludes halogenated alkanes) is 50. The van der Waals surface area contributed by atoms with Crippen LogP contribution in [-0.4, -0.2) is 47.4 Å². The van der Waals surface area contributed by atoms with Crippen molar-refractivity contribution in [1.82, 2.24) is 5.32 Å². The molecule has 2 unspecified atom stereocenters. The van der Waals surface area contributed by atoms with E-state index in [0.717, 1.165) is 51.4 Å². The SMILES string of the molecule is CCCCC/C=C\CCCCCCCC(=O)OCCCCCCCCCCC/C=C\C/C=C\CCCCCCCCCCCCCC(=O)NC(CO)C(O)CCCCCCCCCCCCCCCCCCCCCCCCC. The van der Waals surface area contributed by atoms with Crippen molar-refractivity contribution in [3.05, 3.63) is 36.5 Å². The lowest BCUT2D eigenvalue weighted by molar-refractivity contribution is -0.143. The topological polar surface area (TPSA) is 95.9 Å². The number of ether oxygens (including phenoxy) is 1. The number of carbonyl (C=O) groups is 2. The molecule has 6 nitrogen and oxygen atoms in total. The first-order valence-corrected chi connectivity index (χ1v) is 35.7. The van der Waals surface area contributed by atoms with Crippen LogP contribution in [0.3, 0.4) is 0 Å². The summed E-state index contributed by atoms with van der Waals surface area (Å²) < 4.78 is 5.47. The van der Waals surface area contributed by atoms with Crippen LogP contribution in [0.5, 0.6) is 0 Å². The Labute approximate surface area is 494 Å². The Morgan fingerprint density at radius 2 is 0.633 bits per heavy atom. The van der Waals surface area contributed by atoms with Gasteiger partial charge >= 0.3 is 5.97 Å². The van der Waals surface area contributed by atoms with Crippen LogP contribution in [0.25, 0.3) is 0 Å². The van der Waals surface area contributed by atoms with Crippen molar-refractivity contribution < 1.29 is 24.5 Å². The van der Waals surface area contributed by atoms with E-state index in [1.54, 1.807) is 0 Å². The Bertz CT molecular complexity index is 1280. The number of nitrogens with one attached hydrogen (secondary N) is 1. The van der Waals surface area contributed by atoms with Gasteiger partial charge in [0.2, 0.25) is 5.91 Å². The predicted molar refractivity (Wildman–Crippen MR) is 347 cm³/mol. The molecule has 3 N–H and O–H groups in total. The summed E-state index contributed by atoms with van der Waals surface area (Å²) in [7, 11) is 0. The van der Waals surface area contributed by atoms with E-state index >= 15 is 0 Å². The third-order valence-corrected chi connectivity index (χ3v) is 16.7. The van der Waals surface area contributed by atoms with Gasteiger partial charge in [-0.1, -0.05) is 333 Å². The molecule has 2 atom stereocenters. The van der Waals surface area contributed by atoms with E-state index in [9.17, 15) is 19.8 Å². The number of aliphatic hydroxyl groups excluding tert-OH is 2. The van der Waals surface area contributed by atoms with Crippen LogP contribution in [0, 0.1) is 0 Å². The standard InChI is InChI=1S/C73H139NO5/c1-3-5-7-9-11-13-15-17-18-19-20-21-27-30-33-36-39-42-45-49-53-57-61-65-71(76)70(69-75)74-72(77)66-62-58-54-50-46-43-40-37-34-31-28-25-23-22-24-26-29-32-35-38-41-44-48-52-56-60-64-68-79-73(78)67-63-59-55-51-47-16-14-12-10-8-6-4-2/h12,14,22-23,26,29,70-71,75-76H,3-11,13,15-21,24-25,27-28,30-69H2,1-2H3,(H,74,77)/b14-12-,23-22-,29-26-. The summed E-state index contributed by atoms with van der Waals surface area (Å²) in [6.45, 7) is 4.95. The monoisotopic (exact) mass is 1110 g/mol. The molecule has 0 radical (unpaired) electrons. The number of rotatable bonds is 67. The van der Waals surface area contributed by atoms with E-state index in [2.05, 4.69) is 55.6 Å². The fourth-order valence-electron chi connectivity index (χ4n) is 11.2. The lowest BCUT2D eigenvalue weighted by Crippen LogP contribution is -2.45. The van der Waals surface area contributed by atoms with E-state index < -0.39 is 12.1 Å². The highest BCUT2D eigenvalue weighted by Gasteiger charge is 2.20. The highest BCUT2D eigenvalue weighted by Crippen LogP contribution is 2.19. The van der Waals surface area contributed by atoms with Gasteiger partial charge in [0.05, 0.1) is 25.4 Å². The van der Waals surface area contributed by atoms with Crippen molar-refractivity contribution in [2.75, 3.05) is 13.2 Å². The number of esters is 1. The van der Waals surface area contributed by atoms with Gasteiger partial charge in [0.1, 0.15) is 0 Å². The van der Waals surface area contributed by atoms with Crippen LogP contribution in [0.2, 0.25) is 0 Å². The summed E-state index contributed by atoms with van der Waals surface area (Å²) in [5.41, 5.74) is 0. The maximum absolute atomic E-state index is 12.6. The van der Waals surface area contributed by atoms with E-state index in [-0.39, 0.29) is 18.5 Å². The molecule has 466 valence electrons. The molecule has 0 saturated heterocycles. The number of allylic oxidation sites excluding steroid dienone is 6. The summed E-state index contributed by atoms with van der Waals surface area (Å²) in [5.74, 6) is -0.0329. The normalized spacial score (nSPS) is 12.7. The van der Waals surface area contributed by atoms with Gasteiger partial charge in [0.25, 0.3) is 0 Å². The smallest absolute Gasteiger partial charge is 0.305 e. The molecule has 0 saturated carbocycles. The van der Waals surface area contributed by atoms with Crippen molar-refractivity contribution in [3.63, 3.8) is 0 Å². The first-order chi connectivity index (χ1) is 39.0. The molecule has 79 heavy (non-hydrogen) atoms. The Morgan fingerprint density at radius 3 is 1.00 bits per heavy atom. The van der Waals surface area contributed by atoms with Crippen LogP contribution in [-0.2, 0) is 14.3 Å². The number of carbonyl (C=O) groups excluding carboxylic acids is 2. The molecule has 6 heteroatoms. The summed E-state index contributed by atoms with van der Waals surface area (Å²) in [4.78, 5) is 24.6. The van der Waals surface area contributed by atoms with Gasteiger partial charge in [-0.25, -0.2) is 0 Å². The van der Waals surface area contributed by atoms with Crippen molar-refractivity contribution in [2.24, 2.45) is 0 Å². The minimum atomic E-state index is -0.668. The first kappa shape index (κ1) is 77.1. The minimum absolute atomic E-state index is 0.000978. The Morgan fingerprint density at radius 1 is 0.354 bits per heavy atom. The Kier molecular flexibility index (Phi) is 66.9. The molecule has 0 spiro atoms. The molecular weight excluding hydrogens is 971 g/mol. The van der Waals surface area contributed by atoms with Crippen LogP contribution >= 0.6 is 0 Å². The van der Waals surface area contributed by atoms with Crippen LogP contribution < -0.4 is 5.32 Å². The third-order valence-electron chi connectivity index (χ3n) is 16.7. The average Bonchev–Trinajstić information content (AvgIpc) is 3.45. The largest absolute Gasteiger partial charge is 0.466 e. The van der Waals surface area contributed by atoms with Gasteiger partial charge in [-0.3, -0.25) is 9.59 Å². The highest BCUT2D eigenvalue weighted by molar-refractivity contribution is 5.76.